The molecule has 1 aliphatic rings. The summed E-state index contributed by atoms with van der Waals surface area (Å²) in [5.74, 6) is 0.828. The molecule has 6 heteroatoms. The van der Waals surface area contributed by atoms with Crippen molar-refractivity contribution in [2.45, 2.75) is 37.8 Å². The second-order valence-electron chi connectivity index (χ2n) is 6.00. The Morgan fingerprint density at radius 3 is 2.70 bits per heavy atom. The van der Waals surface area contributed by atoms with Crippen LogP contribution in [0.25, 0.3) is 17.0 Å². The summed E-state index contributed by atoms with van der Waals surface area (Å²) >= 11 is 0. The number of aliphatic hydroxyl groups excluding tert-OH is 1. The van der Waals surface area contributed by atoms with Crippen molar-refractivity contribution in [2.75, 3.05) is 5.32 Å². The molecule has 0 unspecified atom stereocenters. The van der Waals surface area contributed by atoms with Gasteiger partial charge in [-0.25, -0.2) is 9.50 Å². The molecule has 118 valence electrons. The number of aromatic nitrogens is 4. The molecule has 4 rings (SSSR count). The number of fused-ring (bicyclic) bond motifs is 1. The van der Waals surface area contributed by atoms with Gasteiger partial charge in [-0.2, -0.15) is 0 Å². The molecule has 3 heterocycles. The molecule has 0 spiro atoms. The van der Waals surface area contributed by atoms with E-state index in [4.69, 9.17) is 0 Å². The van der Waals surface area contributed by atoms with Crippen LogP contribution in [0.5, 0.6) is 0 Å². The van der Waals surface area contributed by atoms with Crippen molar-refractivity contribution in [2.24, 2.45) is 0 Å². The van der Waals surface area contributed by atoms with E-state index in [1.54, 1.807) is 12.4 Å². The lowest BCUT2D eigenvalue weighted by atomic mass is 9.93. The van der Waals surface area contributed by atoms with Gasteiger partial charge in [0.05, 0.1) is 18.0 Å². The first-order chi connectivity index (χ1) is 11.3. The summed E-state index contributed by atoms with van der Waals surface area (Å²) in [6.07, 6.45) is 7.06. The number of anilines is 1. The van der Waals surface area contributed by atoms with E-state index in [2.05, 4.69) is 20.4 Å². The molecule has 0 atom stereocenters. The molecular formula is C17H19N5O. The van der Waals surface area contributed by atoms with E-state index < -0.39 is 0 Å². The third kappa shape index (κ3) is 2.90. The van der Waals surface area contributed by atoms with E-state index in [0.717, 1.165) is 48.5 Å². The van der Waals surface area contributed by atoms with Gasteiger partial charge in [-0.1, -0.05) is 6.07 Å². The highest BCUT2D eigenvalue weighted by Gasteiger charge is 2.19. The molecule has 6 nitrogen and oxygen atoms in total. The minimum absolute atomic E-state index is 0.145. The zero-order valence-corrected chi connectivity index (χ0v) is 12.8. The van der Waals surface area contributed by atoms with E-state index in [1.165, 1.54) is 0 Å². The van der Waals surface area contributed by atoms with Crippen LogP contribution in [0, 0.1) is 0 Å². The molecule has 0 saturated heterocycles. The first kappa shape index (κ1) is 14.1. The largest absolute Gasteiger partial charge is 0.393 e. The maximum atomic E-state index is 9.61. The summed E-state index contributed by atoms with van der Waals surface area (Å²) in [5, 5.41) is 17.7. The van der Waals surface area contributed by atoms with E-state index in [-0.39, 0.29) is 6.10 Å². The summed E-state index contributed by atoms with van der Waals surface area (Å²) in [7, 11) is 0. The Hall–Kier alpha value is -2.47. The van der Waals surface area contributed by atoms with Crippen LogP contribution < -0.4 is 5.32 Å². The fraction of sp³-hybridized carbons (Fsp3) is 0.353. The van der Waals surface area contributed by atoms with Crippen molar-refractivity contribution in [3.05, 3.63) is 42.7 Å². The van der Waals surface area contributed by atoms with Gasteiger partial charge in [0.15, 0.2) is 5.65 Å². The fourth-order valence-electron chi connectivity index (χ4n) is 3.07. The molecule has 3 aromatic rings. The predicted molar refractivity (Wildman–Crippen MR) is 88.1 cm³/mol. The molecule has 0 radical (unpaired) electrons. The second kappa shape index (κ2) is 5.96. The molecule has 0 amide bonds. The number of nitrogens with zero attached hydrogens (tertiary/aromatic N) is 4. The Kier molecular flexibility index (Phi) is 3.67. The van der Waals surface area contributed by atoms with E-state index in [9.17, 15) is 5.11 Å². The summed E-state index contributed by atoms with van der Waals surface area (Å²) in [5.41, 5.74) is 2.53. The van der Waals surface area contributed by atoms with Crippen LogP contribution in [-0.2, 0) is 0 Å². The number of hydrogen-bond donors (Lipinski definition) is 2. The third-order valence-electron chi connectivity index (χ3n) is 4.34. The average Bonchev–Trinajstić information content (AvgIpc) is 3.01. The number of hydrogen-bond acceptors (Lipinski definition) is 5. The summed E-state index contributed by atoms with van der Waals surface area (Å²) < 4.78 is 1.82. The van der Waals surface area contributed by atoms with Gasteiger partial charge in [-0.05, 0) is 49.9 Å². The lowest BCUT2D eigenvalue weighted by molar-refractivity contribution is 0.126. The Morgan fingerprint density at radius 1 is 1.04 bits per heavy atom. The molecule has 1 saturated carbocycles. The molecule has 0 aromatic carbocycles. The fourth-order valence-corrected chi connectivity index (χ4v) is 3.07. The Morgan fingerprint density at radius 2 is 1.91 bits per heavy atom. The smallest absolute Gasteiger partial charge is 0.154 e. The summed E-state index contributed by atoms with van der Waals surface area (Å²) in [4.78, 5) is 8.77. The standard InChI is InChI=1S/C17H19N5O/c23-13-6-4-12(5-7-13)20-16-8-9-17-19-11-15(22(17)21-16)14-3-1-2-10-18-14/h1-3,8-13,23H,4-7H2,(H,20,21). The molecular weight excluding hydrogens is 290 g/mol. The number of pyridine rings is 1. The van der Waals surface area contributed by atoms with Crippen molar-refractivity contribution in [1.29, 1.82) is 0 Å². The zero-order chi connectivity index (χ0) is 15.6. The molecule has 23 heavy (non-hydrogen) atoms. The molecule has 1 fully saturated rings. The maximum absolute atomic E-state index is 9.61. The Balaban J connectivity index is 1.62. The molecule has 1 aliphatic carbocycles. The van der Waals surface area contributed by atoms with Gasteiger partial charge in [-0.15, -0.1) is 5.10 Å². The lowest BCUT2D eigenvalue weighted by Crippen LogP contribution is -2.28. The predicted octanol–water partition coefficient (Wildman–Crippen LogP) is 2.51. The van der Waals surface area contributed by atoms with Crippen molar-refractivity contribution in [1.82, 2.24) is 19.6 Å². The van der Waals surface area contributed by atoms with Crippen LogP contribution >= 0.6 is 0 Å². The van der Waals surface area contributed by atoms with Gasteiger partial charge in [0.1, 0.15) is 11.5 Å². The molecule has 2 N–H and O–H groups in total. The maximum Gasteiger partial charge on any atom is 0.154 e. The van der Waals surface area contributed by atoms with Crippen molar-refractivity contribution in [3.8, 4) is 11.4 Å². The third-order valence-corrected chi connectivity index (χ3v) is 4.34. The zero-order valence-electron chi connectivity index (χ0n) is 12.8. The van der Waals surface area contributed by atoms with Gasteiger partial charge in [0.2, 0.25) is 0 Å². The quantitative estimate of drug-likeness (QED) is 0.777. The van der Waals surface area contributed by atoms with E-state index in [1.807, 2.05) is 34.8 Å². The average molecular weight is 309 g/mol. The number of rotatable bonds is 3. The first-order valence-corrected chi connectivity index (χ1v) is 8.00. The van der Waals surface area contributed by atoms with Crippen LogP contribution in [0.15, 0.2) is 42.7 Å². The van der Waals surface area contributed by atoms with Crippen LogP contribution in [0.1, 0.15) is 25.7 Å². The van der Waals surface area contributed by atoms with Gasteiger partial charge in [-0.3, -0.25) is 4.98 Å². The molecule has 3 aromatic heterocycles. The summed E-state index contributed by atoms with van der Waals surface area (Å²) in [6, 6.07) is 10.1. The van der Waals surface area contributed by atoms with Crippen LogP contribution in [-0.4, -0.2) is 36.8 Å². The highest BCUT2D eigenvalue weighted by Crippen LogP contribution is 2.23. The van der Waals surface area contributed by atoms with Gasteiger partial charge in [0.25, 0.3) is 0 Å². The SMILES string of the molecule is OC1CCC(Nc2ccc3ncc(-c4ccccn4)n3n2)CC1. The van der Waals surface area contributed by atoms with E-state index >= 15 is 0 Å². The molecule has 0 aliphatic heterocycles. The van der Waals surface area contributed by atoms with Crippen LogP contribution in [0.3, 0.4) is 0 Å². The number of imidazole rings is 1. The minimum Gasteiger partial charge on any atom is -0.393 e. The van der Waals surface area contributed by atoms with Gasteiger partial charge < -0.3 is 10.4 Å². The lowest BCUT2D eigenvalue weighted by Gasteiger charge is -2.26. The summed E-state index contributed by atoms with van der Waals surface area (Å²) in [6.45, 7) is 0. The first-order valence-electron chi connectivity index (χ1n) is 8.00. The Labute approximate surface area is 134 Å². The van der Waals surface area contributed by atoms with Crippen molar-refractivity contribution < 1.29 is 5.11 Å². The topological polar surface area (TPSA) is 75.3 Å². The second-order valence-corrected chi connectivity index (χ2v) is 6.00. The highest BCUT2D eigenvalue weighted by atomic mass is 16.3. The number of aliphatic hydroxyl groups is 1. The van der Waals surface area contributed by atoms with Crippen LogP contribution in [0.4, 0.5) is 5.82 Å². The Bertz CT molecular complexity index is 793. The van der Waals surface area contributed by atoms with Gasteiger partial charge in [0, 0.05) is 12.2 Å². The highest BCUT2D eigenvalue weighted by molar-refractivity contribution is 5.60. The van der Waals surface area contributed by atoms with Gasteiger partial charge >= 0.3 is 0 Å². The van der Waals surface area contributed by atoms with Crippen molar-refractivity contribution >= 4 is 11.5 Å². The molecule has 0 bridgehead atoms. The normalized spacial score (nSPS) is 21.4. The minimum atomic E-state index is -0.145. The van der Waals surface area contributed by atoms with Crippen LogP contribution in [0.2, 0.25) is 0 Å². The van der Waals surface area contributed by atoms with E-state index in [0.29, 0.717) is 6.04 Å². The monoisotopic (exact) mass is 309 g/mol. The number of nitrogens with one attached hydrogen (secondary N) is 1. The van der Waals surface area contributed by atoms with Crippen molar-refractivity contribution in [3.63, 3.8) is 0 Å².